The lowest BCUT2D eigenvalue weighted by atomic mass is 9.91. The van der Waals surface area contributed by atoms with Gasteiger partial charge >= 0.3 is 0 Å². The van der Waals surface area contributed by atoms with Gasteiger partial charge in [-0.05, 0) is 39.6 Å². The SMILES string of the molecule is Cl.OCC[C@@H](c1cc2ccccc2c2ccccc12)N1CCNCC1. The second-order valence-electron chi connectivity index (χ2n) is 6.55. The quantitative estimate of drug-likeness (QED) is 0.699. The smallest absolute Gasteiger partial charge is 0.0449 e. The van der Waals surface area contributed by atoms with Gasteiger partial charge in [-0.1, -0.05) is 48.5 Å². The number of aliphatic hydroxyl groups is 1. The first-order valence-corrected chi connectivity index (χ1v) is 8.84. The molecule has 0 saturated carbocycles. The Morgan fingerprint density at radius 3 is 2.28 bits per heavy atom. The van der Waals surface area contributed by atoms with Gasteiger partial charge in [0.05, 0.1) is 0 Å². The molecule has 0 bridgehead atoms. The summed E-state index contributed by atoms with van der Waals surface area (Å²) in [4.78, 5) is 2.52. The number of aliphatic hydroxyl groups excluding tert-OH is 1. The van der Waals surface area contributed by atoms with Crippen LogP contribution < -0.4 is 5.32 Å². The molecule has 3 aromatic rings. The summed E-state index contributed by atoms with van der Waals surface area (Å²) in [5, 5.41) is 18.3. The molecule has 0 amide bonds. The molecule has 3 nitrogen and oxygen atoms in total. The van der Waals surface area contributed by atoms with Gasteiger partial charge in [-0.2, -0.15) is 0 Å². The summed E-state index contributed by atoms with van der Waals surface area (Å²) in [6.07, 6.45) is 0.780. The molecular formula is C21H25ClN2O. The summed E-state index contributed by atoms with van der Waals surface area (Å²) >= 11 is 0. The first-order chi connectivity index (χ1) is 11.9. The highest BCUT2D eigenvalue weighted by Crippen LogP contribution is 2.35. The molecule has 1 aliphatic heterocycles. The van der Waals surface area contributed by atoms with Crippen LogP contribution in [-0.4, -0.2) is 42.8 Å². The van der Waals surface area contributed by atoms with Crippen molar-refractivity contribution in [1.29, 1.82) is 0 Å². The Morgan fingerprint density at radius 1 is 0.920 bits per heavy atom. The van der Waals surface area contributed by atoms with E-state index in [1.165, 1.54) is 27.1 Å². The molecule has 2 N–H and O–H groups in total. The van der Waals surface area contributed by atoms with Gasteiger partial charge in [-0.25, -0.2) is 0 Å². The molecule has 1 atom stereocenters. The van der Waals surface area contributed by atoms with Gasteiger partial charge in [0.2, 0.25) is 0 Å². The van der Waals surface area contributed by atoms with Crippen LogP contribution in [-0.2, 0) is 0 Å². The summed E-state index contributed by atoms with van der Waals surface area (Å²) in [7, 11) is 0. The number of nitrogens with one attached hydrogen (secondary N) is 1. The highest BCUT2D eigenvalue weighted by atomic mass is 35.5. The number of piperazine rings is 1. The maximum atomic E-state index is 9.67. The third-order valence-corrected chi connectivity index (χ3v) is 5.15. The van der Waals surface area contributed by atoms with Crippen LogP contribution in [0.4, 0.5) is 0 Å². The van der Waals surface area contributed by atoms with E-state index < -0.39 is 0 Å². The predicted molar refractivity (Wildman–Crippen MR) is 108 cm³/mol. The van der Waals surface area contributed by atoms with Crippen LogP contribution in [0.15, 0.2) is 54.6 Å². The van der Waals surface area contributed by atoms with Crippen molar-refractivity contribution in [2.45, 2.75) is 12.5 Å². The van der Waals surface area contributed by atoms with Crippen molar-refractivity contribution in [2.75, 3.05) is 32.8 Å². The molecule has 25 heavy (non-hydrogen) atoms. The Kier molecular flexibility index (Phi) is 5.92. The van der Waals surface area contributed by atoms with Crippen LogP contribution in [0.1, 0.15) is 18.0 Å². The van der Waals surface area contributed by atoms with E-state index in [1.807, 2.05) is 0 Å². The second-order valence-corrected chi connectivity index (χ2v) is 6.55. The van der Waals surface area contributed by atoms with Gasteiger partial charge in [-0.3, -0.25) is 4.90 Å². The van der Waals surface area contributed by atoms with E-state index in [1.54, 1.807) is 0 Å². The molecule has 1 fully saturated rings. The third kappa shape index (κ3) is 3.51. The van der Waals surface area contributed by atoms with Gasteiger partial charge in [0.25, 0.3) is 0 Å². The van der Waals surface area contributed by atoms with Gasteiger partial charge in [0, 0.05) is 38.8 Å². The van der Waals surface area contributed by atoms with E-state index in [9.17, 15) is 5.11 Å². The van der Waals surface area contributed by atoms with Crippen LogP contribution >= 0.6 is 12.4 Å². The molecule has 1 heterocycles. The van der Waals surface area contributed by atoms with E-state index in [0.717, 1.165) is 32.6 Å². The van der Waals surface area contributed by atoms with Gasteiger partial charge in [-0.15, -0.1) is 12.4 Å². The molecule has 1 aliphatic rings. The monoisotopic (exact) mass is 356 g/mol. The summed E-state index contributed by atoms with van der Waals surface area (Å²) in [5.41, 5.74) is 1.35. The Bertz CT molecular complexity index is 846. The van der Waals surface area contributed by atoms with E-state index in [2.05, 4.69) is 64.8 Å². The molecular weight excluding hydrogens is 332 g/mol. The number of hydrogen-bond donors (Lipinski definition) is 2. The Labute approximate surface area is 155 Å². The first kappa shape index (κ1) is 18.2. The number of rotatable bonds is 4. The summed E-state index contributed by atoms with van der Waals surface area (Å²) in [6, 6.07) is 19.9. The molecule has 0 aromatic heterocycles. The standard InChI is InChI=1S/C21H24N2O.ClH/c24-14-9-21(23-12-10-22-11-13-23)20-15-16-5-1-2-6-17(16)18-7-3-4-8-19(18)20;/h1-8,15,21-22,24H,9-14H2;1H/t21-;/m0./s1. The van der Waals surface area contributed by atoms with Crippen molar-refractivity contribution >= 4 is 34.0 Å². The van der Waals surface area contributed by atoms with Crippen molar-refractivity contribution in [3.63, 3.8) is 0 Å². The highest BCUT2D eigenvalue weighted by molar-refractivity contribution is 6.09. The van der Waals surface area contributed by atoms with Crippen LogP contribution in [0.25, 0.3) is 21.5 Å². The van der Waals surface area contributed by atoms with Crippen molar-refractivity contribution in [3.8, 4) is 0 Å². The fourth-order valence-corrected chi connectivity index (χ4v) is 4.01. The zero-order valence-corrected chi connectivity index (χ0v) is 15.1. The fraction of sp³-hybridized carbons (Fsp3) is 0.333. The minimum atomic E-state index is 0. The van der Waals surface area contributed by atoms with Crippen LogP contribution in [0.3, 0.4) is 0 Å². The molecule has 0 spiro atoms. The summed E-state index contributed by atoms with van der Waals surface area (Å²) < 4.78 is 0. The van der Waals surface area contributed by atoms with Crippen LogP contribution in [0.5, 0.6) is 0 Å². The largest absolute Gasteiger partial charge is 0.396 e. The van der Waals surface area contributed by atoms with Crippen molar-refractivity contribution < 1.29 is 5.11 Å². The van der Waals surface area contributed by atoms with E-state index >= 15 is 0 Å². The number of hydrogen-bond acceptors (Lipinski definition) is 3. The van der Waals surface area contributed by atoms with Gasteiger partial charge in [0.1, 0.15) is 0 Å². The topological polar surface area (TPSA) is 35.5 Å². The summed E-state index contributed by atoms with van der Waals surface area (Å²) in [5.74, 6) is 0. The van der Waals surface area contributed by atoms with E-state index in [-0.39, 0.29) is 25.1 Å². The molecule has 0 unspecified atom stereocenters. The van der Waals surface area contributed by atoms with Crippen LogP contribution in [0.2, 0.25) is 0 Å². The minimum absolute atomic E-state index is 0. The maximum absolute atomic E-state index is 9.67. The fourth-order valence-electron chi connectivity index (χ4n) is 4.01. The summed E-state index contributed by atoms with van der Waals surface area (Å²) in [6.45, 7) is 4.33. The van der Waals surface area contributed by atoms with Gasteiger partial charge < -0.3 is 10.4 Å². The average Bonchev–Trinajstić information content (AvgIpc) is 2.66. The number of nitrogens with zero attached hydrogens (tertiary/aromatic N) is 1. The Hall–Kier alpha value is -1.65. The Morgan fingerprint density at radius 2 is 1.56 bits per heavy atom. The van der Waals surface area contributed by atoms with E-state index in [4.69, 9.17) is 0 Å². The van der Waals surface area contributed by atoms with Gasteiger partial charge in [0.15, 0.2) is 0 Å². The lowest BCUT2D eigenvalue weighted by Gasteiger charge is -2.35. The normalized spacial score (nSPS) is 16.7. The number of fused-ring (bicyclic) bond motifs is 3. The Balaban J connectivity index is 0.00000182. The van der Waals surface area contributed by atoms with Crippen molar-refractivity contribution in [3.05, 3.63) is 60.2 Å². The average molecular weight is 357 g/mol. The minimum Gasteiger partial charge on any atom is -0.396 e. The van der Waals surface area contributed by atoms with Crippen molar-refractivity contribution in [1.82, 2.24) is 10.2 Å². The van der Waals surface area contributed by atoms with Crippen LogP contribution in [0, 0.1) is 0 Å². The zero-order valence-electron chi connectivity index (χ0n) is 14.3. The molecule has 132 valence electrons. The highest BCUT2D eigenvalue weighted by Gasteiger charge is 2.23. The van der Waals surface area contributed by atoms with Crippen molar-refractivity contribution in [2.24, 2.45) is 0 Å². The number of halogens is 1. The molecule has 4 rings (SSSR count). The predicted octanol–water partition coefficient (Wildman–Crippen LogP) is 3.74. The van der Waals surface area contributed by atoms with E-state index in [0.29, 0.717) is 0 Å². The molecule has 1 saturated heterocycles. The molecule has 4 heteroatoms. The first-order valence-electron chi connectivity index (χ1n) is 8.84. The second kappa shape index (κ2) is 8.15. The lowest BCUT2D eigenvalue weighted by molar-refractivity contribution is 0.142. The molecule has 0 radical (unpaired) electrons. The third-order valence-electron chi connectivity index (χ3n) is 5.15. The maximum Gasteiger partial charge on any atom is 0.0449 e. The molecule has 3 aromatic carbocycles. The molecule has 0 aliphatic carbocycles. The zero-order chi connectivity index (χ0) is 16.4. The lowest BCUT2D eigenvalue weighted by Crippen LogP contribution is -2.45. The number of benzene rings is 3.